The van der Waals surface area contributed by atoms with Crippen LogP contribution in [0.5, 0.6) is 0 Å². The fourth-order valence-corrected chi connectivity index (χ4v) is 1.78. The van der Waals surface area contributed by atoms with Gasteiger partial charge in [-0.25, -0.2) is 13.6 Å². The first-order valence-corrected chi connectivity index (χ1v) is 7.23. The lowest BCUT2D eigenvalue weighted by atomic mass is 10.1. The highest BCUT2D eigenvalue weighted by Crippen LogP contribution is 2.29. The molecule has 0 spiro atoms. The number of alkyl halides is 3. The third-order valence-corrected chi connectivity index (χ3v) is 3.13. The molecule has 5 nitrogen and oxygen atoms in total. The Balaban J connectivity index is 2.51. The average Bonchev–Trinajstić information content (AvgIpc) is 2.26. The van der Waals surface area contributed by atoms with E-state index in [1.54, 1.807) is 0 Å². The number of benzene rings is 1. The van der Waals surface area contributed by atoms with E-state index in [0.717, 1.165) is 12.1 Å². The maximum absolute atomic E-state index is 12.3. The molecule has 112 valence electrons. The van der Waals surface area contributed by atoms with Crippen LogP contribution < -0.4 is 10.5 Å². The van der Waals surface area contributed by atoms with Crippen LogP contribution in [0.1, 0.15) is 11.1 Å². The molecule has 1 aromatic rings. The Morgan fingerprint density at radius 1 is 1.20 bits per heavy atom. The quantitative estimate of drug-likeness (QED) is 0.837. The molecule has 3 N–H and O–H groups in total. The summed E-state index contributed by atoms with van der Waals surface area (Å²) >= 11 is 0. The van der Waals surface area contributed by atoms with Crippen LogP contribution in [0.15, 0.2) is 24.3 Å². The van der Waals surface area contributed by atoms with Crippen LogP contribution in [-0.2, 0) is 27.4 Å². The van der Waals surface area contributed by atoms with E-state index in [4.69, 9.17) is 5.14 Å². The van der Waals surface area contributed by atoms with Gasteiger partial charge in [-0.2, -0.15) is 13.2 Å². The monoisotopic (exact) mass is 310 g/mol. The van der Waals surface area contributed by atoms with Crippen molar-refractivity contribution in [2.24, 2.45) is 5.14 Å². The fraction of sp³-hybridized carbons (Fsp3) is 0.364. The number of amides is 1. The summed E-state index contributed by atoms with van der Waals surface area (Å²) in [5, 5.41) is 7.06. The van der Waals surface area contributed by atoms with E-state index in [-0.39, 0.29) is 13.0 Å². The van der Waals surface area contributed by atoms with Crippen molar-refractivity contribution in [1.29, 1.82) is 0 Å². The standard InChI is InChI=1S/C11H13F3N2O3S/c12-11(13,14)9-3-1-8(2-4-9)7-10(17)16-5-6-20(15,18)19/h1-4H,5-7H2,(H,16,17)(H2,15,18,19). The Bertz CT molecular complexity index is 568. The molecule has 9 heteroatoms. The number of primary sulfonamides is 1. The predicted molar refractivity (Wildman–Crippen MR) is 66.1 cm³/mol. The molecule has 0 saturated heterocycles. The van der Waals surface area contributed by atoms with E-state index in [9.17, 15) is 26.4 Å². The summed E-state index contributed by atoms with van der Waals surface area (Å²) < 4.78 is 58.2. The minimum atomic E-state index is -4.42. The van der Waals surface area contributed by atoms with Crippen molar-refractivity contribution in [3.63, 3.8) is 0 Å². The molecule has 0 saturated carbocycles. The van der Waals surface area contributed by atoms with E-state index in [1.165, 1.54) is 12.1 Å². The van der Waals surface area contributed by atoms with Crippen LogP contribution in [0.3, 0.4) is 0 Å². The maximum atomic E-state index is 12.3. The summed E-state index contributed by atoms with van der Waals surface area (Å²) in [4.78, 5) is 11.4. The third-order valence-electron chi connectivity index (χ3n) is 2.35. The molecule has 0 aromatic heterocycles. The summed E-state index contributed by atoms with van der Waals surface area (Å²) in [5.41, 5.74) is -0.401. The van der Waals surface area contributed by atoms with Gasteiger partial charge in [0, 0.05) is 6.54 Å². The van der Waals surface area contributed by atoms with Gasteiger partial charge in [0.25, 0.3) is 0 Å². The second-order valence-electron chi connectivity index (χ2n) is 4.09. The molecule has 0 aliphatic carbocycles. The highest BCUT2D eigenvalue weighted by molar-refractivity contribution is 7.89. The average molecular weight is 310 g/mol. The Morgan fingerprint density at radius 3 is 2.20 bits per heavy atom. The Hall–Kier alpha value is -1.61. The smallest absolute Gasteiger partial charge is 0.355 e. The molecular weight excluding hydrogens is 297 g/mol. The van der Waals surface area contributed by atoms with Crippen molar-refractivity contribution in [2.45, 2.75) is 12.6 Å². The molecule has 0 aliphatic rings. The summed E-state index contributed by atoms with van der Waals surface area (Å²) in [7, 11) is -3.65. The largest absolute Gasteiger partial charge is 0.416 e. The number of hydrogen-bond acceptors (Lipinski definition) is 3. The first kappa shape index (κ1) is 16.4. The molecule has 0 atom stereocenters. The first-order chi connectivity index (χ1) is 9.08. The zero-order chi connectivity index (χ0) is 15.4. The van der Waals surface area contributed by atoms with E-state index in [2.05, 4.69) is 5.32 Å². The molecule has 0 heterocycles. The lowest BCUT2D eigenvalue weighted by molar-refractivity contribution is -0.137. The number of sulfonamides is 1. The Labute approximate surface area is 114 Å². The molecule has 0 bridgehead atoms. The Kier molecular flexibility index (Phi) is 5.12. The molecule has 1 amide bonds. The number of nitrogens with two attached hydrogens (primary N) is 1. The van der Waals surface area contributed by atoms with Gasteiger partial charge in [0.1, 0.15) is 0 Å². The number of halogens is 3. The predicted octanol–water partition coefficient (Wildman–Crippen LogP) is 0.653. The highest BCUT2D eigenvalue weighted by Gasteiger charge is 2.29. The Morgan fingerprint density at radius 2 is 1.75 bits per heavy atom. The second kappa shape index (κ2) is 6.23. The van der Waals surface area contributed by atoms with Gasteiger partial charge >= 0.3 is 6.18 Å². The van der Waals surface area contributed by atoms with Crippen molar-refractivity contribution in [3.8, 4) is 0 Å². The van der Waals surface area contributed by atoms with Gasteiger partial charge in [-0.3, -0.25) is 4.79 Å². The fourth-order valence-electron chi connectivity index (χ4n) is 1.39. The molecule has 1 aromatic carbocycles. The van der Waals surface area contributed by atoms with Crippen LogP contribution in [0.25, 0.3) is 0 Å². The van der Waals surface area contributed by atoms with E-state index < -0.39 is 33.4 Å². The molecule has 0 aliphatic heterocycles. The molecule has 0 unspecified atom stereocenters. The molecule has 0 fully saturated rings. The van der Waals surface area contributed by atoms with Gasteiger partial charge in [0.2, 0.25) is 15.9 Å². The second-order valence-corrected chi connectivity index (χ2v) is 5.82. The molecule has 0 radical (unpaired) electrons. The SMILES string of the molecule is NS(=O)(=O)CCNC(=O)Cc1ccc(C(F)(F)F)cc1. The van der Waals surface area contributed by atoms with Crippen LogP contribution in [0.2, 0.25) is 0 Å². The topological polar surface area (TPSA) is 89.3 Å². The third kappa shape index (κ3) is 6.02. The van der Waals surface area contributed by atoms with E-state index in [0.29, 0.717) is 5.56 Å². The van der Waals surface area contributed by atoms with Crippen LogP contribution in [0, 0.1) is 0 Å². The summed E-state index contributed by atoms with van der Waals surface area (Å²) in [6.07, 6.45) is -4.56. The summed E-state index contributed by atoms with van der Waals surface area (Å²) in [6.45, 7) is -0.141. The molecule has 1 rings (SSSR count). The summed E-state index contributed by atoms with van der Waals surface area (Å²) in [5.74, 6) is -0.889. The molecule has 20 heavy (non-hydrogen) atoms. The first-order valence-electron chi connectivity index (χ1n) is 5.51. The van der Waals surface area contributed by atoms with Gasteiger partial charge in [0.05, 0.1) is 17.7 Å². The van der Waals surface area contributed by atoms with Crippen molar-refractivity contribution in [1.82, 2.24) is 5.32 Å². The van der Waals surface area contributed by atoms with Gasteiger partial charge in [-0.1, -0.05) is 12.1 Å². The zero-order valence-electron chi connectivity index (χ0n) is 10.3. The van der Waals surface area contributed by atoms with Gasteiger partial charge in [0.15, 0.2) is 0 Å². The van der Waals surface area contributed by atoms with Gasteiger partial charge in [-0.05, 0) is 17.7 Å². The van der Waals surface area contributed by atoms with Gasteiger partial charge < -0.3 is 5.32 Å². The minimum Gasteiger partial charge on any atom is -0.355 e. The lowest BCUT2D eigenvalue weighted by Gasteiger charge is -2.08. The van der Waals surface area contributed by atoms with Crippen molar-refractivity contribution in [2.75, 3.05) is 12.3 Å². The number of carbonyl (C=O) groups excluding carboxylic acids is 1. The van der Waals surface area contributed by atoms with Crippen molar-refractivity contribution < 1.29 is 26.4 Å². The van der Waals surface area contributed by atoms with Crippen molar-refractivity contribution in [3.05, 3.63) is 35.4 Å². The number of hydrogen-bond donors (Lipinski definition) is 2. The minimum absolute atomic E-state index is 0.136. The van der Waals surface area contributed by atoms with E-state index in [1.807, 2.05) is 0 Å². The van der Waals surface area contributed by atoms with E-state index >= 15 is 0 Å². The lowest BCUT2D eigenvalue weighted by Crippen LogP contribution is -2.32. The zero-order valence-corrected chi connectivity index (χ0v) is 11.1. The van der Waals surface area contributed by atoms with Crippen molar-refractivity contribution >= 4 is 15.9 Å². The number of nitrogens with one attached hydrogen (secondary N) is 1. The van der Waals surface area contributed by atoms with Crippen LogP contribution >= 0.6 is 0 Å². The number of carbonyl (C=O) groups is 1. The normalized spacial score (nSPS) is 12.2. The number of rotatable bonds is 5. The highest BCUT2D eigenvalue weighted by atomic mass is 32.2. The summed E-state index contributed by atoms with van der Waals surface area (Å²) in [6, 6.07) is 4.16. The molecular formula is C11H13F3N2O3S. The maximum Gasteiger partial charge on any atom is 0.416 e. The van der Waals surface area contributed by atoms with Gasteiger partial charge in [-0.15, -0.1) is 0 Å². The van der Waals surface area contributed by atoms with Crippen LogP contribution in [-0.4, -0.2) is 26.6 Å². The van der Waals surface area contributed by atoms with Crippen LogP contribution in [0.4, 0.5) is 13.2 Å².